The van der Waals surface area contributed by atoms with Gasteiger partial charge in [-0.25, -0.2) is 9.97 Å². The molecule has 1 aromatic heterocycles. The van der Waals surface area contributed by atoms with E-state index in [9.17, 15) is 4.79 Å². The molecule has 2 heterocycles. The molecule has 31 heavy (non-hydrogen) atoms. The van der Waals surface area contributed by atoms with Crippen LogP contribution in [0.3, 0.4) is 0 Å². The molecule has 0 saturated carbocycles. The van der Waals surface area contributed by atoms with E-state index in [2.05, 4.69) is 25.5 Å². The Labute approximate surface area is 182 Å². The summed E-state index contributed by atoms with van der Waals surface area (Å²) in [4.78, 5) is 23.9. The number of nitrogens with one attached hydrogen (secondary N) is 2. The minimum Gasteiger partial charge on any atom is -0.497 e. The van der Waals surface area contributed by atoms with Crippen LogP contribution >= 0.6 is 0 Å². The summed E-state index contributed by atoms with van der Waals surface area (Å²) in [6, 6.07) is 16.6. The van der Waals surface area contributed by atoms with Crippen molar-refractivity contribution in [3.63, 3.8) is 0 Å². The van der Waals surface area contributed by atoms with Gasteiger partial charge in [0.2, 0.25) is 0 Å². The highest BCUT2D eigenvalue weighted by Crippen LogP contribution is 2.24. The molecule has 0 atom stereocenters. The first-order valence-electron chi connectivity index (χ1n) is 10.5. The summed E-state index contributed by atoms with van der Waals surface area (Å²) in [5.41, 5.74) is 2.15. The maximum Gasteiger partial charge on any atom is 0.255 e. The van der Waals surface area contributed by atoms with E-state index in [4.69, 9.17) is 4.74 Å². The molecule has 7 heteroatoms. The van der Waals surface area contributed by atoms with Crippen molar-refractivity contribution in [2.45, 2.75) is 26.2 Å². The number of anilines is 4. The average Bonchev–Trinajstić information content (AvgIpc) is 2.80. The topological polar surface area (TPSA) is 79.4 Å². The molecule has 1 saturated heterocycles. The molecular weight excluding hydrogens is 390 g/mol. The molecular formula is C24H27N5O2. The zero-order valence-electron chi connectivity index (χ0n) is 17.9. The van der Waals surface area contributed by atoms with Crippen molar-refractivity contribution in [3.8, 4) is 5.75 Å². The lowest BCUT2D eigenvalue weighted by Gasteiger charge is -2.28. The van der Waals surface area contributed by atoms with Crippen LogP contribution in [0.4, 0.5) is 23.0 Å². The van der Waals surface area contributed by atoms with Gasteiger partial charge in [0, 0.05) is 36.1 Å². The largest absolute Gasteiger partial charge is 0.497 e. The van der Waals surface area contributed by atoms with Crippen LogP contribution in [-0.2, 0) is 0 Å². The first-order chi connectivity index (χ1) is 15.1. The van der Waals surface area contributed by atoms with E-state index in [0.29, 0.717) is 17.0 Å². The molecule has 1 fully saturated rings. The molecule has 160 valence electrons. The Bertz CT molecular complexity index is 1050. The molecule has 0 spiro atoms. The number of rotatable bonds is 6. The predicted molar refractivity (Wildman–Crippen MR) is 124 cm³/mol. The van der Waals surface area contributed by atoms with Crippen molar-refractivity contribution in [2.24, 2.45) is 0 Å². The first kappa shape index (κ1) is 20.7. The normalized spacial score (nSPS) is 13.5. The van der Waals surface area contributed by atoms with Crippen LogP contribution in [0.25, 0.3) is 0 Å². The van der Waals surface area contributed by atoms with Crippen LogP contribution in [-0.4, -0.2) is 36.1 Å². The van der Waals surface area contributed by atoms with E-state index in [-0.39, 0.29) is 5.91 Å². The van der Waals surface area contributed by atoms with Crippen LogP contribution in [0.2, 0.25) is 0 Å². The molecule has 1 amide bonds. The second-order valence-corrected chi connectivity index (χ2v) is 7.59. The Morgan fingerprint density at radius 3 is 2.45 bits per heavy atom. The van der Waals surface area contributed by atoms with E-state index in [1.165, 1.54) is 19.3 Å². The molecule has 0 bridgehead atoms. The van der Waals surface area contributed by atoms with Crippen LogP contribution in [0.1, 0.15) is 35.4 Å². The zero-order valence-corrected chi connectivity index (χ0v) is 17.9. The van der Waals surface area contributed by atoms with Gasteiger partial charge in [-0.2, -0.15) is 0 Å². The SMILES string of the molecule is COc1cccc(C(=O)Nc2ccc(Nc3cc(N4CCCCC4)nc(C)n3)cc2)c1. The quantitative estimate of drug-likeness (QED) is 0.601. The number of hydrogen-bond acceptors (Lipinski definition) is 6. The molecule has 0 unspecified atom stereocenters. The van der Waals surface area contributed by atoms with Crippen LogP contribution in [0.5, 0.6) is 5.75 Å². The number of benzene rings is 2. The molecule has 3 aromatic rings. The second-order valence-electron chi connectivity index (χ2n) is 7.59. The van der Waals surface area contributed by atoms with E-state index in [0.717, 1.165) is 36.2 Å². The monoisotopic (exact) mass is 417 g/mol. The summed E-state index contributed by atoms with van der Waals surface area (Å²) < 4.78 is 5.18. The summed E-state index contributed by atoms with van der Waals surface area (Å²) in [6.07, 6.45) is 3.69. The lowest BCUT2D eigenvalue weighted by Crippen LogP contribution is -2.30. The number of methoxy groups -OCH3 is 1. The van der Waals surface area contributed by atoms with Crippen molar-refractivity contribution in [1.82, 2.24) is 9.97 Å². The van der Waals surface area contributed by atoms with Crippen molar-refractivity contribution < 1.29 is 9.53 Å². The average molecular weight is 418 g/mol. The van der Waals surface area contributed by atoms with E-state index in [1.54, 1.807) is 25.3 Å². The van der Waals surface area contributed by atoms with Crippen LogP contribution < -0.4 is 20.3 Å². The number of piperidine rings is 1. The van der Waals surface area contributed by atoms with E-state index >= 15 is 0 Å². The molecule has 2 aromatic carbocycles. The Morgan fingerprint density at radius 1 is 0.968 bits per heavy atom. The number of amides is 1. The summed E-state index contributed by atoms with van der Waals surface area (Å²) in [5, 5.41) is 6.25. The standard InChI is InChI=1S/C24H27N5O2/c1-17-25-22(16-23(26-17)29-13-4-3-5-14-29)27-19-9-11-20(12-10-19)28-24(30)18-7-6-8-21(15-18)31-2/h6-12,15-16H,3-5,13-14H2,1-2H3,(H,28,30)(H,25,26,27). The van der Waals surface area contributed by atoms with E-state index < -0.39 is 0 Å². The number of carbonyl (C=O) groups is 1. The third-order valence-electron chi connectivity index (χ3n) is 5.25. The highest BCUT2D eigenvalue weighted by Gasteiger charge is 2.14. The smallest absolute Gasteiger partial charge is 0.255 e. The van der Waals surface area contributed by atoms with Crippen molar-refractivity contribution in [2.75, 3.05) is 35.7 Å². The summed E-state index contributed by atoms with van der Waals surface area (Å²) >= 11 is 0. The fraction of sp³-hybridized carbons (Fsp3) is 0.292. The van der Waals surface area contributed by atoms with Crippen LogP contribution in [0.15, 0.2) is 54.6 Å². The van der Waals surface area contributed by atoms with Gasteiger partial charge in [0.05, 0.1) is 7.11 Å². The van der Waals surface area contributed by atoms with Gasteiger partial charge in [0.15, 0.2) is 0 Å². The summed E-state index contributed by atoms with van der Waals surface area (Å²) in [7, 11) is 1.58. The van der Waals surface area contributed by atoms with Gasteiger partial charge in [0.25, 0.3) is 5.91 Å². The third kappa shape index (κ3) is 5.31. The molecule has 1 aliphatic heterocycles. The van der Waals surface area contributed by atoms with Gasteiger partial charge < -0.3 is 20.3 Å². The summed E-state index contributed by atoms with van der Waals surface area (Å²) in [5.74, 6) is 2.94. The lowest BCUT2D eigenvalue weighted by molar-refractivity contribution is 0.102. The Balaban J connectivity index is 1.42. The van der Waals surface area contributed by atoms with Gasteiger partial charge in [-0.05, 0) is 68.7 Å². The predicted octanol–water partition coefficient (Wildman–Crippen LogP) is 4.78. The molecule has 1 aliphatic rings. The number of aryl methyl sites for hydroxylation is 1. The van der Waals surface area contributed by atoms with Crippen LogP contribution in [0, 0.1) is 6.92 Å². The van der Waals surface area contributed by atoms with Gasteiger partial charge in [0.1, 0.15) is 23.2 Å². The van der Waals surface area contributed by atoms with Crippen molar-refractivity contribution in [3.05, 3.63) is 66.0 Å². The molecule has 2 N–H and O–H groups in total. The number of aromatic nitrogens is 2. The Kier molecular flexibility index (Phi) is 6.31. The van der Waals surface area contributed by atoms with Crippen molar-refractivity contribution >= 4 is 28.9 Å². The fourth-order valence-corrected chi connectivity index (χ4v) is 3.65. The maximum atomic E-state index is 12.5. The lowest BCUT2D eigenvalue weighted by atomic mass is 10.1. The van der Waals surface area contributed by atoms with Gasteiger partial charge in [-0.1, -0.05) is 6.07 Å². The van der Waals surface area contributed by atoms with Gasteiger partial charge in [-0.15, -0.1) is 0 Å². The maximum absolute atomic E-state index is 12.5. The molecule has 7 nitrogen and oxygen atoms in total. The Morgan fingerprint density at radius 2 is 1.71 bits per heavy atom. The van der Waals surface area contributed by atoms with Gasteiger partial charge in [-0.3, -0.25) is 4.79 Å². The highest BCUT2D eigenvalue weighted by atomic mass is 16.5. The van der Waals surface area contributed by atoms with Gasteiger partial charge >= 0.3 is 0 Å². The Hall–Kier alpha value is -3.61. The number of carbonyl (C=O) groups excluding carboxylic acids is 1. The zero-order chi connectivity index (χ0) is 21.6. The second kappa shape index (κ2) is 9.47. The molecule has 0 aliphatic carbocycles. The molecule has 0 radical (unpaired) electrons. The van der Waals surface area contributed by atoms with Crippen molar-refractivity contribution in [1.29, 1.82) is 0 Å². The minimum atomic E-state index is -0.183. The first-order valence-corrected chi connectivity index (χ1v) is 10.5. The fourth-order valence-electron chi connectivity index (χ4n) is 3.65. The highest BCUT2D eigenvalue weighted by molar-refractivity contribution is 6.04. The third-order valence-corrected chi connectivity index (χ3v) is 5.25. The summed E-state index contributed by atoms with van der Waals surface area (Å²) in [6.45, 7) is 3.99. The number of hydrogen-bond donors (Lipinski definition) is 2. The molecule has 4 rings (SSSR count). The number of nitrogens with zero attached hydrogens (tertiary/aromatic N) is 3. The number of ether oxygens (including phenoxy) is 1. The minimum absolute atomic E-state index is 0.183. The van der Waals surface area contributed by atoms with E-state index in [1.807, 2.05) is 43.3 Å².